The molecular formula is C8H16Cl2N4. The number of hydrogen-bond donors (Lipinski definition) is 1. The van der Waals surface area contributed by atoms with Crippen molar-refractivity contribution < 1.29 is 0 Å². The van der Waals surface area contributed by atoms with Gasteiger partial charge in [0.25, 0.3) is 0 Å². The van der Waals surface area contributed by atoms with Crippen molar-refractivity contribution in [3.63, 3.8) is 0 Å². The summed E-state index contributed by atoms with van der Waals surface area (Å²) in [4.78, 5) is 0. The number of rotatable bonds is 2. The molecule has 14 heavy (non-hydrogen) atoms. The van der Waals surface area contributed by atoms with Gasteiger partial charge in [-0.25, -0.2) is 0 Å². The Balaban J connectivity index is 0.000000845. The highest BCUT2D eigenvalue weighted by Crippen LogP contribution is 2.07. The van der Waals surface area contributed by atoms with Gasteiger partial charge in [-0.1, -0.05) is 11.6 Å². The third kappa shape index (κ3) is 3.82. The van der Waals surface area contributed by atoms with E-state index >= 15 is 0 Å². The lowest BCUT2D eigenvalue weighted by molar-refractivity contribution is 0.348. The predicted octanol–water partition coefficient (Wildman–Crippen LogP) is 1.26. The molecule has 1 aromatic heterocycles. The van der Waals surface area contributed by atoms with E-state index < -0.39 is 0 Å². The maximum Gasteiger partial charge on any atom is 0.0692 e. The monoisotopic (exact) mass is 238 g/mol. The first-order valence-corrected chi connectivity index (χ1v) is 4.52. The van der Waals surface area contributed by atoms with Gasteiger partial charge in [0, 0.05) is 12.2 Å². The Kier molecular flexibility index (Phi) is 6.87. The largest absolute Gasteiger partial charge is 0.312 e. The molecule has 0 radical (unpaired) electrons. The molecule has 0 bridgehead atoms. The van der Waals surface area contributed by atoms with Gasteiger partial charge >= 0.3 is 0 Å². The van der Waals surface area contributed by atoms with Crippen LogP contribution >= 0.6 is 24.8 Å². The number of halogens is 2. The van der Waals surface area contributed by atoms with Crippen molar-refractivity contribution >= 4 is 24.8 Å². The molecule has 0 aliphatic carbocycles. The Morgan fingerprint density at radius 3 is 2.79 bits per heavy atom. The van der Waals surface area contributed by atoms with Crippen molar-refractivity contribution in [3.8, 4) is 0 Å². The van der Waals surface area contributed by atoms with Gasteiger partial charge in [0.1, 0.15) is 0 Å². The summed E-state index contributed by atoms with van der Waals surface area (Å²) in [5, 5.41) is 11.2. The van der Waals surface area contributed by atoms with Gasteiger partial charge in [-0.3, -0.25) is 4.68 Å². The molecular weight excluding hydrogens is 223 g/mol. The molecule has 6 heteroatoms. The van der Waals surface area contributed by atoms with E-state index in [4.69, 9.17) is 0 Å². The van der Waals surface area contributed by atoms with Crippen molar-refractivity contribution in [2.24, 2.45) is 0 Å². The van der Waals surface area contributed by atoms with Gasteiger partial charge in [0.2, 0.25) is 0 Å². The third-order valence-electron chi connectivity index (χ3n) is 2.29. The number of aromatic nitrogens is 3. The maximum absolute atomic E-state index is 3.94. The fourth-order valence-corrected chi connectivity index (χ4v) is 1.64. The molecule has 1 saturated heterocycles. The van der Waals surface area contributed by atoms with Gasteiger partial charge in [-0.15, -0.1) is 29.9 Å². The summed E-state index contributed by atoms with van der Waals surface area (Å²) in [6.07, 6.45) is 7.55. The first-order valence-electron chi connectivity index (χ1n) is 4.52. The third-order valence-corrected chi connectivity index (χ3v) is 2.29. The molecule has 1 aromatic rings. The zero-order valence-electron chi connectivity index (χ0n) is 7.93. The smallest absolute Gasteiger partial charge is 0.0692 e. The molecule has 1 unspecified atom stereocenters. The summed E-state index contributed by atoms with van der Waals surface area (Å²) >= 11 is 0. The second kappa shape index (κ2) is 7.04. The average Bonchev–Trinajstić information content (AvgIpc) is 2.59. The average molecular weight is 239 g/mol. The van der Waals surface area contributed by atoms with E-state index in [1.165, 1.54) is 19.3 Å². The molecule has 1 atom stereocenters. The van der Waals surface area contributed by atoms with Crippen molar-refractivity contribution in [2.75, 3.05) is 6.54 Å². The lowest BCUT2D eigenvalue weighted by atomic mass is 10.1. The van der Waals surface area contributed by atoms with Crippen LogP contribution in [0.4, 0.5) is 0 Å². The Labute approximate surface area is 96.3 Å². The minimum atomic E-state index is 0. The quantitative estimate of drug-likeness (QED) is 0.844. The van der Waals surface area contributed by atoms with Crippen molar-refractivity contribution in [2.45, 2.75) is 31.8 Å². The zero-order valence-corrected chi connectivity index (χ0v) is 9.56. The van der Waals surface area contributed by atoms with Crippen LogP contribution in [0.15, 0.2) is 12.4 Å². The molecule has 2 heterocycles. The van der Waals surface area contributed by atoms with Gasteiger partial charge in [0.05, 0.1) is 12.7 Å². The van der Waals surface area contributed by atoms with E-state index in [-0.39, 0.29) is 24.8 Å². The predicted molar refractivity (Wildman–Crippen MR) is 60.2 cm³/mol. The van der Waals surface area contributed by atoms with Crippen LogP contribution in [0.5, 0.6) is 0 Å². The second-order valence-corrected chi connectivity index (χ2v) is 3.27. The molecule has 2 rings (SSSR count). The number of hydrogen-bond acceptors (Lipinski definition) is 3. The Bertz CT molecular complexity index is 221. The highest BCUT2D eigenvalue weighted by Gasteiger charge is 2.12. The molecule has 4 nitrogen and oxygen atoms in total. The molecule has 1 aliphatic heterocycles. The minimum absolute atomic E-state index is 0. The van der Waals surface area contributed by atoms with Gasteiger partial charge in [-0.2, -0.15) is 0 Å². The zero-order chi connectivity index (χ0) is 8.23. The highest BCUT2D eigenvalue weighted by atomic mass is 35.5. The summed E-state index contributed by atoms with van der Waals surface area (Å²) in [5.74, 6) is 0. The van der Waals surface area contributed by atoms with E-state index in [9.17, 15) is 0 Å². The van der Waals surface area contributed by atoms with Crippen LogP contribution in [0.2, 0.25) is 0 Å². The van der Waals surface area contributed by atoms with Gasteiger partial charge in [-0.05, 0) is 19.4 Å². The van der Waals surface area contributed by atoms with Crippen molar-refractivity contribution in [1.29, 1.82) is 0 Å². The Morgan fingerprint density at radius 2 is 2.21 bits per heavy atom. The van der Waals surface area contributed by atoms with Crippen molar-refractivity contribution in [1.82, 2.24) is 20.3 Å². The first-order chi connectivity index (χ1) is 5.95. The van der Waals surface area contributed by atoms with Gasteiger partial charge < -0.3 is 5.32 Å². The molecule has 1 aliphatic rings. The van der Waals surface area contributed by atoms with E-state index in [2.05, 4.69) is 15.6 Å². The lowest BCUT2D eigenvalue weighted by Gasteiger charge is -2.22. The van der Waals surface area contributed by atoms with Crippen LogP contribution in [0.3, 0.4) is 0 Å². The summed E-state index contributed by atoms with van der Waals surface area (Å²) in [5.41, 5.74) is 0. The van der Waals surface area contributed by atoms with Crippen LogP contribution < -0.4 is 5.32 Å². The normalized spacial score (nSPS) is 20.7. The van der Waals surface area contributed by atoms with Crippen molar-refractivity contribution in [3.05, 3.63) is 12.4 Å². The first kappa shape index (κ1) is 13.7. The topological polar surface area (TPSA) is 42.7 Å². The van der Waals surface area contributed by atoms with Crippen LogP contribution in [0.25, 0.3) is 0 Å². The summed E-state index contributed by atoms with van der Waals surface area (Å²) in [7, 11) is 0. The fraction of sp³-hybridized carbons (Fsp3) is 0.750. The summed E-state index contributed by atoms with van der Waals surface area (Å²) < 4.78 is 1.89. The van der Waals surface area contributed by atoms with Crippen LogP contribution in [0, 0.1) is 0 Å². The molecule has 0 spiro atoms. The molecule has 0 amide bonds. The summed E-state index contributed by atoms with van der Waals surface area (Å²) in [6, 6.07) is 0.598. The Hall–Kier alpha value is -0.320. The Morgan fingerprint density at radius 1 is 1.36 bits per heavy atom. The molecule has 82 valence electrons. The standard InChI is InChI=1S/C8H14N4.2ClH/c1-2-4-9-8(3-1)7-12-6-5-10-11-12;;/h5-6,8-9H,1-4,7H2;2*1H. The van der Waals surface area contributed by atoms with Gasteiger partial charge in [0.15, 0.2) is 0 Å². The highest BCUT2D eigenvalue weighted by molar-refractivity contribution is 5.85. The number of nitrogens with zero attached hydrogens (tertiary/aromatic N) is 3. The van der Waals surface area contributed by atoms with E-state index in [1.54, 1.807) is 6.20 Å². The molecule has 1 fully saturated rings. The van der Waals surface area contributed by atoms with E-state index in [0.717, 1.165) is 13.1 Å². The fourth-order valence-electron chi connectivity index (χ4n) is 1.64. The van der Waals surface area contributed by atoms with E-state index in [1.807, 2.05) is 10.9 Å². The van der Waals surface area contributed by atoms with Crippen LogP contribution in [-0.2, 0) is 6.54 Å². The number of nitrogens with one attached hydrogen (secondary N) is 1. The SMILES string of the molecule is Cl.Cl.c1cn(CC2CCCCN2)nn1. The lowest BCUT2D eigenvalue weighted by Crippen LogP contribution is -2.37. The molecule has 0 saturated carbocycles. The van der Waals surface area contributed by atoms with Crippen LogP contribution in [-0.4, -0.2) is 27.6 Å². The minimum Gasteiger partial charge on any atom is -0.312 e. The number of piperidine rings is 1. The summed E-state index contributed by atoms with van der Waals surface area (Å²) in [6.45, 7) is 2.11. The van der Waals surface area contributed by atoms with E-state index in [0.29, 0.717) is 6.04 Å². The second-order valence-electron chi connectivity index (χ2n) is 3.27. The van der Waals surface area contributed by atoms with Crippen LogP contribution in [0.1, 0.15) is 19.3 Å². The maximum atomic E-state index is 3.94. The molecule has 0 aromatic carbocycles. The molecule has 1 N–H and O–H groups in total.